The van der Waals surface area contributed by atoms with Crippen molar-refractivity contribution < 1.29 is 19.7 Å². The summed E-state index contributed by atoms with van der Waals surface area (Å²) in [5.74, 6) is 8.04. The molecule has 0 spiro atoms. The van der Waals surface area contributed by atoms with Crippen LogP contribution in [0.15, 0.2) is 48.5 Å². The summed E-state index contributed by atoms with van der Waals surface area (Å²) in [6.07, 6.45) is 5.32. The Labute approximate surface area is 153 Å². The smallest absolute Gasteiger partial charge is 0.316 e. The molecule has 2 rings (SSSR count). The highest BCUT2D eigenvalue weighted by molar-refractivity contribution is 5.76. The lowest BCUT2D eigenvalue weighted by molar-refractivity contribution is -0.161. The van der Waals surface area contributed by atoms with E-state index in [0.29, 0.717) is 0 Å². The molecule has 0 bridgehead atoms. The van der Waals surface area contributed by atoms with Gasteiger partial charge in [-0.3, -0.25) is 4.79 Å². The number of aliphatic hydroxyl groups excluding tert-OH is 2. The third-order valence-electron chi connectivity index (χ3n) is 3.92. The van der Waals surface area contributed by atoms with Crippen molar-refractivity contribution in [1.82, 2.24) is 0 Å². The molecular formula is C22H20O4. The molecule has 0 saturated heterocycles. The van der Waals surface area contributed by atoms with Crippen molar-refractivity contribution in [3.8, 4) is 24.2 Å². The molecule has 0 amide bonds. The zero-order valence-corrected chi connectivity index (χ0v) is 14.5. The predicted molar refractivity (Wildman–Crippen MR) is 98.9 cm³/mol. The van der Waals surface area contributed by atoms with E-state index < -0.39 is 24.6 Å². The summed E-state index contributed by atoms with van der Waals surface area (Å²) in [4.78, 5) is 11.9. The van der Waals surface area contributed by atoms with Gasteiger partial charge in [-0.25, -0.2) is 0 Å². The summed E-state index contributed by atoms with van der Waals surface area (Å²) in [5.41, 5.74) is 2.01. The average molecular weight is 348 g/mol. The Kier molecular flexibility index (Phi) is 6.58. The normalized spacial score (nSPS) is 10.4. The van der Waals surface area contributed by atoms with Crippen LogP contribution in [0.4, 0.5) is 0 Å². The van der Waals surface area contributed by atoms with Crippen LogP contribution >= 0.6 is 0 Å². The molecule has 4 nitrogen and oxygen atoms in total. The van der Waals surface area contributed by atoms with Crippen molar-refractivity contribution in [3.63, 3.8) is 0 Å². The monoisotopic (exact) mass is 348 g/mol. The molecule has 0 atom stereocenters. The summed E-state index contributed by atoms with van der Waals surface area (Å²) in [6.45, 7) is 0.568. The van der Waals surface area contributed by atoms with Crippen LogP contribution in [0.3, 0.4) is 0 Å². The van der Waals surface area contributed by atoms with Crippen molar-refractivity contribution in [2.45, 2.75) is 13.5 Å². The topological polar surface area (TPSA) is 66.8 Å². The highest BCUT2D eigenvalue weighted by Gasteiger charge is 2.33. The van der Waals surface area contributed by atoms with E-state index in [1.807, 2.05) is 48.5 Å². The van der Waals surface area contributed by atoms with Crippen molar-refractivity contribution in [2.75, 3.05) is 13.2 Å². The van der Waals surface area contributed by atoms with Gasteiger partial charge in [0.1, 0.15) is 12.0 Å². The summed E-state index contributed by atoms with van der Waals surface area (Å²) < 4.78 is 5.15. The number of esters is 1. The Balaban J connectivity index is 1.97. The zero-order chi connectivity index (χ0) is 19.0. The van der Waals surface area contributed by atoms with Crippen molar-refractivity contribution in [1.29, 1.82) is 0 Å². The molecule has 0 fully saturated rings. The first-order chi connectivity index (χ1) is 12.5. The summed E-state index contributed by atoms with van der Waals surface area (Å²) in [5, 5.41) is 18.4. The van der Waals surface area contributed by atoms with Crippen molar-refractivity contribution in [2.24, 2.45) is 5.41 Å². The fourth-order valence-corrected chi connectivity index (χ4v) is 1.98. The number of aliphatic hydroxyl groups is 2. The Morgan fingerprint density at radius 2 is 1.42 bits per heavy atom. The fraction of sp³-hybridized carbons (Fsp3) is 0.227. The van der Waals surface area contributed by atoms with Crippen LogP contribution in [0.5, 0.6) is 0 Å². The number of rotatable bonds is 5. The molecule has 4 heteroatoms. The molecule has 0 aliphatic heterocycles. The quantitative estimate of drug-likeness (QED) is 0.641. The second kappa shape index (κ2) is 8.87. The van der Waals surface area contributed by atoms with Gasteiger partial charge in [0.15, 0.2) is 0 Å². The Bertz CT molecular complexity index is 842. The molecule has 0 aliphatic carbocycles. The SMILES string of the molecule is C#Cc1ccc(C#Cc2ccc(COC(=O)C(C)(CO)CO)cc2)cc1. The van der Waals surface area contributed by atoms with Crippen LogP contribution in [0.25, 0.3) is 0 Å². The minimum atomic E-state index is -1.29. The molecule has 2 N–H and O–H groups in total. The molecule has 0 heterocycles. The van der Waals surface area contributed by atoms with E-state index in [0.717, 1.165) is 22.3 Å². The lowest BCUT2D eigenvalue weighted by Gasteiger charge is -2.22. The molecule has 2 aromatic carbocycles. The van der Waals surface area contributed by atoms with E-state index in [1.54, 1.807) is 0 Å². The molecule has 0 unspecified atom stereocenters. The summed E-state index contributed by atoms with van der Waals surface area (Å²) in [7, 11) is 0. The number of hydrogen-bond acceptors (Lipinski definition) is 4. The number of ether oxygens (including phenoxy) is 1. The van der Waals surface area contributed by atoms with Gasteiger partial charge in [0.2, 0.25) is 0 Å². The van der Waals surface area contributed by atoms with Crippen LogP contribution in [0.1, 0.15) is 29.2 Å². The van der Waals surface area contributed by atoms with Gasteiger partial charge >= 0.3 is 5.97 Å². The van der Waals surface area contributed by atoms with E-state index in [2.05, 4.69) is 17.8 Å². The van der Waals surface area contributed by atoms with Gasteiger partial charge in [-0.2, -0.15) is 0 Å². The Morgan fingerprint density at radius 1 is 0.962 bits per heavy atom. The minimum absolute atomic E-state index is 0.0652. The summed E-state index contributed by atoms with van der Waals surface area (Å²) in [6, 6.07) is 14.7. The lowest BCUT2D eigenvalue weighted by atomic mass is 9.93. The predicted octanol–water partition coefficient (Wildman–Crippen LogP) is 2.10. The van der Waals surface area contributed by atoms with Gasteiger partial charge in [0.25, 0.3) is 0 Å². The highest BCUT2D eigenvalue weighted by Crippen LogP contribution is 2.17. The van der Waals surface area contributed by atoms with E-state index in [9.17, 15) is 15.0 Å². The lowest BCUT2D eigenvalue weighted by Crippen LogP contribution is -2.36. The van der Waals surface area contributed by atoms with E-state index in [-0.39, 0.29) is 6.61 Å². The second-order valence-corrected chi connectivity index (χ2v) is 6.12. The number of hydrogen-bond donors (Lipinski definition) is 2. The summed E-state index contributed by atoms with van der Waals surface area (Å²) >= 11 is 0. The van der Waals surface area contributed by atoms with E-state index >= 15 is 0 Å². The standard InChI is InChI=1S/C22H20O4/c1-3-17-4-6-18(7-5-17)8-9-19-10-12-20(13-11-19)14-26-21(25)22(2,15-23)16-24/h1,4-7,10-13,23-24H,14-16H2,2H3. The Morgan fingerprint density at radius 3 is 1.88 bits per heavy atom. The van der Waals surface area contributed by atoms with E-state index in [1.165, 1.54) is 6.92 Å². The molecule has 2 aromatic rings. The second-order valence-electron chi connectivity index (χ2n) is 6.12. The molecule has 132 valence electrons. The molecule has 0 aromatic heterocycles. The highest BCUT2D eigenvalue weighted by atomic mass is 16.5. The first-order valence-corrected chi connectivity index (χ1v) is 8.07. The fourth-order valence-electron chi connectivity index (χ4n) is 1.98. The Hall–Kier alpha value is -3.05. The van der Waals surface area contributed by atoms with Crippen molar-refractivity contribution in [3.05, 3.63) is 70.8 Å². The van der Waals surface area contributed by atoms with Crippen LogP contribution < -0.4 is 0 Å². The first-order valence-electron chi connectivity index (χ1n) is 8.07. The van der Waals surface area contributed by atoms with Crippen molar-refractivity contribution >= 4 is 5.97 Å². The molecular weight excluding hydrogens is 328 g/mol. The maximum absolute atomic E-state index is 11.9. The number of benzene rings is 2. The number of terminal acetylenes is 1. The molecule has 0 saturated carbocycles. The number of carbonyl (C=O) groups is 1. The van der Waals surface area contributed by atoms with Gasteiger partial charge in [-0.15, -0.1) is 6.42 Å². The van der Waals surface area contributed by atoms with Gasteiger partial charge in [-0.1, -0.05) is 29.9 Å². The minimum Gasteiger partial charge on any atom is -0.460 e. The molecule has 0 radical (unpaired) electrons. The maximum atomic E-state index is 11.9. The van der Waals surface area contributed by atoms with E-state index in [4.69, 9.17) is 11.2 Å². The zero-order valence-electron chi connectivity index (χ0n) is 14.5. The molecule has 26 heavy (non-hydrogen) atoms. The van der Waals surface area contributed by atoms with Crippen LogP contribution in [-0.2, 0) is 16.1 Å². The van der Waals surface area contributed by atoms with Gasteiger partial charge in [0.05, 0.1) is 13.2 Å². The van der Waals surface area contributed by atoms with Crippen LogP contribution in [0.2, 0.25) is 0 Å². The largest absolute Gasteiger partial charge is 0.460 e. The van der Waals surface area contributed by atoms with Gasteiger partial charge in [0, 0.05) is 16.7 Å². The van der Waals surface area contributed by atoms with Gasteiger partial charge in [-0.05, 0) is 48.9 Å². The first kappa shape index (κ1) is 19.3. The third kappa shape index (κ3) is 4.97. The molecule has 0 aliphatic rings. The van der Waals surface area contributed by atoms with Gasteiger partial charge < -0.3 is 14.9 Å². The average Bonchev–Trinajstić information content (AvgIpc) is 2.70. The maximum Gasteiger partial charge on any atom is 0.316 e. The van der Waals surface area contributed by atoms with Crippen LogP contribution in [0, 0.1) is 29.6 Å². The number of carbonyl (C=O) groups excluding carboxylic acids is 1. The third-order valence-corrected chi connectivity index (χ3v) is 3.92. The van der Waals surface area contributed by atoms with Crippen LogP contribution in [-0.4, -0.2) is 29.4 Å².